The monoisotopic (exact) mass is 193 g/mol. The quantitative estimate of drug-likeness (QED) is 0.564. The first-order chi connectivity index (χ1) is 6.56. The second kappa shape index (κ2) is 3.78. The number of hydrogen-bond donors (Lipinski definition) is 3. The van der Waals surface area contributed by atoms with Gasteiger partial charge < -0.3 is 16.8 Å². The van der Waals surface area contributed by atoms with E-state index in [-0.39, 0.29) is 17.0 Å². The summed E-state index contributed by atoms with van der Waals surface area (Å²) in [6.07, 6.45) is 0. The highest BCUT2D eigenvalue weighted by molar-refractivity contribution is 6.07. The largest absolute Gasteiger partial charge is 0.399 e. The fourth-order valence-electron chi connectivity index (χ4n) is 1.10. The molecule has 0 aromatic heterocycles. The van der Waals surface area contributed by atoms with E-state index in [0.29, 0.717) is 5.69 Å². The van der Waals surface area contributed by atoms with Crippen molar-refractivity contribution in [3.63, 3.8) is 0 Å². The molecular weight excluding hydrogens is 182 g/mol. The average molecular weight is 193 g/mol. The summed E-state index contributed by atoms with van der Waals surface area (Å²) in [5.41, 5.74) is 11.4. The average Bonchev–Trinajstić information content (AvgIpc) is 2.16. The normalized spacial score (nSPS) is 9.50. The number of amides is 2. The van der Waals surface area contributed by atoms with Crippen molar-refractivity contribution in [3.05, 3.63) is 29.3 Å². The molecule has 1 aromatic rings. The van der Waals surface area contributed by atoms with Crippen molar-refractivity contribution in [1.29, 1.82) is 0 Å². The Labute approximate surface area is 81.1 Å². The Morgan fingerprint density at radius 3 is 2.43 bits per heavy atom. The van der Waals surface area contributed by atoms with Gasteiger partial charge in [-0.1, -0.05) is 0 Å². The van der Waals surface area contributed by atoms with Gasteiger partial charge in [0.1, 0.15) is 0 Å². The van der Waals surface area contributed by atoms with Crippen molar-refractivity contribution in [2.24, 2.45) is 5.73 Å². The Kier molecular flexibility index (Phi) is 2.71. The van der Waals surface area contributed by atoms with Gasteiger partial charge in [-0.2, -0.15) is 0 Å². The number of nitrogens with two attached hydrogens (primary N) is 2. The lowest BCUT2D eigenvalue weighted by molar-refractivity contribution is 0.0943. The van der Waals surface area contributed by atoms with Gasteiger partial charge in [0.15, 0.2) is 0 Å². The summed E-state index contributed by atoms with van der Waals surface area (Å²) in [6, 6.07) is 4.37. The highest BCUT2D eigenvalue weighted by atomic mass is 16.2. The van der Waals surface area contributed by atoms with Crippen LogP contribution in [0, 0.1) is 0 Å². The first-order valence-electron chi connectivity index (χ1n) is 3.97. The van der Waals surface area contributed by atoms with E-state index in [2.05, 4.69) is 5.32 Å². The van der Waals surface area contributed by atoms with Crippen LogP contribution in [0.25, 0.3) is 0 Å². The molecule has 14 heavy (non-hydrogen) atoms. The molecule has 1 aromatic carbocycles. The number of primary amides is 1. The number of nitrogen functional groups attached to an aromatic ring is 1. The minimum Gasteiger partial charge on any atom is -0.399 e. The van der Waals surface area contributed by atoms with Crippen LogP contribution in [0.3, 0.4) is 0 Å². The predicted molar refractivity (Wildman–Crippen MR) is 52.8 cm³/mol. The lowest BCUT2D eigenvalue weighted by atomic mass is 10.1. The molecule has 0 atom stereocenters. The molecule has 0 fully saturated rings. The van der Waals surface area contributed by atoms with E-state index in [1.165, 1.54) is 25.2 Å². The van der Waals surface area contributed by atoms with Crippen molar-refractivity contribution >= 4 is 17.5 Å². The Hall–Kier alpha value is -2.04. The SMILES string of the molecule is CNC(=O)c1cc(N)ccc1C(N)=O. The molecule has 0 aliphatic rings. The van der Waals surface area contributed by atoms with Gasteiger partial charge in [0, 0.05) is 12.7 Å². The Morgan fingerprint density at radius 2 is 1.93 bits per heavy atom. The summed E-state index contributed by atoms with van der Waals surface area (Å²) in [5, 5.41) is 2.40. The lowest BCUT2D eigenvalue weighted by Gasteiger charge is -2.05. The second-order valence-corrected chi connectivity index (χ2v) is 2.75. The van der Waals surface area contributed by atoms with Crippen LogP contribution >= 0.6 is 0 Å². The molecule has 5 N–H and O–H groups in total. The van der Waals surface area contributed by atoms with E-state index >= 15 is 0 Å². The standard InChI is InChI=1S/C9H11N3O2/c1-12-9(14)7-4-5(10)2-3-6(7)8(11)13/h2-4H,10H2,1H3,(H2,11,13)(H,12,14). The summed E-state index contributed by atoms with van der Waals surface area (Å²) in [5.74, 6) is -1.03. The molecule has 0 aliphatic heterocycles. The highest BCUT2D eigenvalue weighted by Gasteiger charge is 2.13. The molecule has 2 amide bonds. The number of carbonyl (C=O) groups is 2. The highest BCUT2D eigenvalue weighted by Crippen LogP contribution is 2.12. The van der Waals surface area contributed by atoms with Crippen LogP contribution in [0.15, 0.2) is 18.2 Å². The van der Waals surface area contributed by atoms with Crippen LogP contribution in [0.4, 0.5) is 5.69 Å². The van der Waals surface area contributed by atoms with E-state index in [1.54, 1.807) is 0 Å². The number of hydrogen-bond acceptors (Lipinski definition) is 3. The molecule has 74 valence electrons. The Morgan fingerprint density at radius 1 is 1.29 bits per heavy atom. The topological polar surface area (TPSA) is 98.2 Å². The van der Waals surface area contributed by atoms with Crippen molar-refractivity contribution in [3.8, 4) is 0 Å². The molecule has 0 unspecified atom stereocenters. The van der Waals surface area contributed by atoms with Gasteiger partial charge in [0.05, 0.1) is 11.1 Å². The maximum atomic E-state index is 11.3. The lowest BCUT2D eigenvalue weighted by Crippen LogP contribution is -2.23. The summed E-state index contributed by atoms with van der Waals surface area (Å²) in [7, 11) is 1.47. The molecule has 5 nitrogen and oxygen atoms in total. The molecule has 0 heterocycles. The molecule has 1 rings (SSSR count). The van der Waals surface area contributed by atoms with Gasteiger partial charge in [-0.15, -0.1) is 0 Å². The van der Waals surface area contributed by atoms with Crippen LogP contribution < -0.4 is 16.8 Å². The molecule has 5 heteroatoms. The van der Waals surface area contributed by atoms with E-state index in [0.717, 1.165) is 0 Å². The fourth-order valence-corrected chi connectivity index (χ4v) is 1.10. The van der Waals surface area contributed by atoms with Gasteiger partial charge in [-0.05, 0) is 18.2 Å². The third-order valence-corrected chi connectivity index (χ3v) is 1.78. The van der Waals surface area contributed by atoms with E-state index in [1.807, 2.05) is 0 Å². The van der Waals surface area contributed by atoms with Crippen LogP contribution in [0.1, 0.15) is 20.7 Å². The van der Waals surface area contributed by atoms with Gasteiger partial charge in [-0.25, -0.2) is 0 Å². The second-order valence-electron chi connectivity index (χ2n) is 2.75. The molecular formula is C9H11N3O2. The van der Waals surface area contributed by atoms with Crippen LogP contribution in [-0.4, -0.2) is 18.9 Å². The number of rotatable bonds is 2. The Bertz CT molecular complexity index is 388. The zero-order chi connectivity index (χ0) is 10.7. The number of anilines is 1. The molecule has 0 saturated carbocycles. The smallest absolute Gasteiger partial charge is 0.251 e. The van der Waals surface area contributed by atoms with E-state index < -0.39 is 5.91 Å². The van der Waals surface area contributed by atoms with Gasteiger partial charge in [0.2, 0.25) is 5.91 Å². The molecule has 0 aliphatic carbocycles. The fraction of sp³-hybridized carbons (Fsp3) is 0.111. The zero-order valence-corrected chi connectivity index (χ0v) is 7.70. The van der Waals surface area contributed by atoms with Crippen molar-refractivity contribution in [2.45, 2.75) is 0 Å². The summed E-state index contributed by atoms with van der Waals surface area (Å²) in [6.45, 7) is 0. The van der Waals surface area contributed by atoms with Crippen LogP contribution in [0.2, 0.25) is 0 Å². The van der Waals surface area contributed by atoms with Crippen LogP contribution in [0.5, 0.6) is 0 Å². The van der Waals surface area contributed by atoms with E-state index in [4.69, 9.17) is 11.5 Å². The minimum atomic E-state index is -0.649. The summed E-state index contributed by atoms with van der Waals surface area (Å²) >= 11 is 0. The maximum absolute atomic E-state index is 11.3. The van der Waals surface area contributed by atoms with Gasteiger partial charge >= 0.3 is 0 Å². The van der Waals surface area contributed by atoms with Crippen LogP contribution in [-0.2, 0) is 0 Å². The van der Waals surface area contributed by atoms with E-state index in [9.17, 15) is 9.59 Å². The number of benzene rings is 1. The van der Waals surface area contributed by atoms with Gasteiger partial charge in [-0.3, -0.25) is 9.59 Å². The predicted octanol–water partition coefficient (Wildman–Crippen LogP) is -0.273. The zero-order valence-electron chi connectivity index (χ0n) is 7.70. The first-order valence-corrected chi connectivity index (χ1v) is 3.97. The third kappa shape index (κ3) is 1.82. The maximum Gasteiger partial charge on any atom is 0.251 e. The number of carbonyl (C=O) groups excluding carboxylic acids is 2. The van der Waals surface area contributed by atoms with Crippen molar-refractivity contribution in [1.82, 2.24) is 5.32 Å². The van der Waals surface area contributed by atoms with Gasteiger partial charge in [0.25, 0.3) is 5.91 Å². The summed E-state index contributed by atoms with van der Waals surface area (Å²) < 4.78 is 0. The molecule has 0 radical (unpaired) electrons. The molecule has 0 saturated heterocycles. The van der Waals surface area contributed by atoms with Crippen molar-refractivity contribution in [2.75, 3.05) is 12.8 Å². The summed E-state index contributed by atoms with van der Waals surface area (Å²) in [4.78, 5) is 22.3. The molecule has 0 bridgehead atoms. The molecule has 0 spiro atoms. The van der Waals surface area contributed by atoms with Crippen molar-refractivity contribution < 1.29 is 9.59 Å². The third-order valence-electron chi connectivity index (χ3n) is 1.78. The first kappa shape index (κ1) is 10.0. The number of nitrogens with one attached hydrogen (secondary N) is 1. The minimum absolute atomic E-state index is 0.165. The Balaban J connectivity index is 3.29.